The van der Waals surface area contributed by atoms with E-state index in [9.17, 15) is 8.42 Å². The van der Waals surface area contributed by atoms with Crippen molar-refractivity contribution in [1.29, 1.82) is 0 Å². The van der Waals surface area contributed by atoms with Crippen LogP contribution in [0.4, 0.5) is 11.4 Å². The predicted molar refractivity (Wildman–Crippen MR) is 63.3 cm³/mol. The van der Waals surface area contributed by atoms with Gasteiger partial charge >= 0.3 is 0 Å². The Morgan fingerprint density at radius 2 is 1.93 bits per heavy atom. The standard InChI is InChI=1S/C10H14N2O2S/c1-2-15(13,14)8-7-12-10-5-3-9(11)4-6-10/h2-6,12H,1,7-8,11H2. The van der Waals surface area contributed by atoms with E-state index in [-0.39, 0.29) is 5.75 Å². The number of sulfone groups is 1. The van der Waals surface area contributed by atoms with E-state index in [4.69, 9.17) is 5.73 Å². The highest BCUT2D eigenvalue weighted by Crippen LogP contribution is 2.09. The molecule has 0 bridgehead atoms. The van der Waals surface area contributed by atoms with Gasteiger partial charge in [-0.3, -0.25) is 0 Å². The molecule has 0 saturated carbocycles. The molecule has 0 aromatic heterocycles. The van der Waals surface area contributed by atoms with Crippen molar-refractivity contribution >= 4 is 21.2 Å². The summed E-state index contributed by atoms with van der Waals surface area (Å²) in [6.07, 6.45) is 0. The molecule has 4 nitrogen and oxygen atoms in total. The molecule has 0 spiro atoms. The molecule has 0 fully saturated rings. The Morgan fingerprint density at radius 3 is 2.47 bits per heavy atom. The molecule has 0 radical (unpaired) electrons. The van der Waals surface area contributed by atoms with Crippen molar-refractivity contribution in [1.82, 2.24) is 0 Å². The van der Waals surface area contributed by atoms with Crippen molar-refractivity contribution in [3.05, 3.63) is 36.3 Å². The van der Waals surface area contributed by atoms with Gasteiger partial charge in [0.25, 0.3) is 0 Å². The third-order valence-electron chi connectivity index (χ3n) is 1.88. The van der Waals surface area contributed by atoms with Crippen LogP contribution in [0.25, 0.3) is 0 Å². The number of hydrogen-bond donors (Lipinski definition) is 2. The molecule has 5 heteroatoms. The van der Waals surface area contributed by atoms with Gasteiger partial charge in [0.05, 0.1) is 5.75 Å². The van der Waals surface area contributed by atoms with Gasteiger partial charge in [0.1, 0.15) is 0 Å². The minimum absolute atomic E-state index is 0.0425. The minimum Gasteiger partial charge on any atom is -0.399 e. The second-order valence-corrected chi connectivity index (χ2v) is 5.15. The minimum atomic E-state index is -3.12. The molecule has 3 N–H and O–H groups in total. The maximum Gasteiger partial charge on any atom is 0.172 e. The average Bonchev–Trinajstić information content (AvgIpc) is 2.21. The number of nitrogens with two attached hydrogens (primary N) is 1. The van der Waals surface area contributed by atoms with E-state index >= 15 is 0 Å². The zero-order chi connectivity index (χ0) is 11.3. The lowest BCUT2D eigenvalue weighted by atomic mass is 10.3. The first-order valence-corrected chi connectivity index (χ1v) is 6.19. The third kappa shape index (κ3) is 4.03. The first-order valence-electron chi connectivity index (χ1n) is 4.48. The van der Waals surface area contributed by atoms with Crippen LogP contribution >= 0.6 is 0 Å². The van der Waals surface area contributed by atoms with E-state index in [1.807, 2.05) is 0 Å². The molecular weight excluding hydrogens is 212 g/mol. The van der Waals surface area contributed by atoms with Gasteiger partial charge in [-0.15, -0.1) is 0 Å². The number of benzene rings is 1. The lowest BCUT2D eigenvalue weighted by Crippen LogP contribution is -2.13. The molecule has 0 aliphatic rings. The number of nitrogen functional groups attached to an aromatic ring is 1. The van der Waals surface area contributed by atoms with Crippen molar-refractivity contribution in [2.24, 2.45) is 0 Å². The van der Waals surface area contributed by atoms with E-state index in [0.717, 1.165) is 11.1 Å². The fraction of sp³-hybridized carbons (Fsp3) is 0.200. The number of hydrogen-bond acceptors (Lipinski definition) is 4. The van der Waals surface area contributed by atoms with Crippen molar-refractivity contribution < 1.29 is 8.42 Å². The highest BCUT2D eigenvalue weighted by molar-refractivity contribution is 7.94. The molecule has 0 amide bonds. The Balaban J connectivity index is 2.45. The second-order valence-electron chi connectivity index (χ2n) is 3.08. The Hall–Kier alpha value is -1.49. The molecular formula is C10H14N2O2S. The number of nitrogens with one attached hydrogen (secondary N) is 1. The van der Waals surface area contributed by atoms with Gasteiger partial charge in [-0.25, -0.2) is 8.42 Å². The molecule has 15 heavy (non-hydrogen) atoms. The normalized spacial score (nSPS) is 10.9. The van der Waals surface area contributed by atoms with Gasteiger partial charge < -0.3 is 11.1 Å². The summed E-state index contributed by atoms with van der Waals surface area (Å²) >= 11 is 0. The fourth-order valence-electron chi connectivity index (χ4n) is 1.02. The summed E-state index contributed by atoms with van der Waals surface area (Å²) in [6.45, 7) is 3.60. The van der Waals surface area contributed by atoms with Gasteiger partial charge in [0.2, 0.25) is 0 Å². The number of anilines is 2. The molecule has 82 valence electrons. The van der Waals surface area contributed by atoms with Gasteiger partial charge in [-0.1, -0.05) is 6.58 Å². The summed E-state index contributed by atoms with van der Waals surface area (Å²) in [5.74, 6) is 0.0425. The van der Waals surface area contributed by atoms with Crippen LogP contribution in [-0.4, -0.2) is 20.7 Å². The highest BCUT2D eigenvalue weighted by atomic mass is 32.2. The van der Waals surface area contributed by atoms with Crippen LogP contribution in [0.3, 0.4) is 0 Å². The molecule has 1 rings (SSSR count). The molecule has 1 aromatic rings. The summed E-state index contributed by atoms with van der Waals surface area (Å²) < 4.78 is 22.1. The van der Waals surface area contributed by atoms with Crippen LogP contribution in [0.15, 0.2) is 36.3 Å². The van der Waals surface area contributed by atoms with Crippen LogP contribution in [-0.2, 0) is 9.84 Å². The van der Waals surface area contributed by atoms with E-state index in [0.29, 0.717) is 12.2 Å². The average molecular weight is 226 g/mol. The maximum atomic E-state index is 11.1. The predicted octanol–water partition coefficient (Wildman–Crippen LogP) is 1.24. The monoisotopic (exact) mass is 226 g/mol. The van der Waals surface area contributed by atoms with E-state index in [1.54, 1.807) is 24.3 Å². The Labute approximate surface area is 89.7 Å². The van der Waals surface area contributed by atoms with Gasteiger partial charge in [0.15, 0.2) is 9.84 Å². The molecule has 1 aromatic carbocycles. The first-order chi connectivity index (χ1) is 7.03. The van der Waals surface area contributed by atoms with Crippen molar-refractivity contribution in [2.75, 3.05) is 23.3 Å². The van der Waals surface area contributed by atoms with E-state index < -0.39 is 9.84 Å². The zero-order valence-corrected chi connectivity index (χ0v) is 9.13. The summed E-state index contributed by atoms with van der Waals surface area (Å²) in [5, 5.41) is 3.95. The largest absolute Gasteiger partial charge is 0.399 e. The highest BCUT2D eigenvalue weighted by Gasteiger charge is 2.03. The maximum absolute atomic E-state index is 11.1. The lowest BCUT2D eigenvalue weighted by Gasteiger charge is -2.05. The topological polar surface area (TPSA) is 72.2 Å². The van der Waals surface area contributed by atoms with E-state index in [2.05, 4.69) is 11.9 Å². The molecule has 0 unspecified atom stereocenters. The van der Waals surface area contributed by atoms with Crippen LogP contribution in [0.5, 0.6) is 0 Å². The van der Waals surface area contributed by atoms with Crippen LogP contribution in [0.1, 0.15) is 0 Å². The summed E-state index contributed by atoms with van der Waals surface area (Å²) in [7, 11) is -3.12. The quantitative estimate of drug-likeness (QED) is 0.741. The Morgan fingerprint density at radius 1 is 1.33 bits per heavy atom. The Kier molecular flexibility index (Phi) is 3.74. The molecule has 0 aliphatic heterocycles. The SMILES string of the molecule is C=CS(=O)(=O)CCNc1ccc(N)cc1. The molecule has 0 atom stereocenters. The van der Waals surface area contributed by atoms with Crippen molar-refractivity contribution in [3.8, 4) is 0 Å². The molecule has 0 aliphatic carbocycles. The van der Waals surface area contributed by atoms with Gasteiger partial charge in [0, 0.05) is 23.3 Å². The zero-order valence-electron chi connectivity index (χ0n) is 8.31. The first kappa shape index (κ1) is 11.6. The van der Waals surface area contributed by atoms with Crippen molar-refractivity contribution in [2.45, 2.75) is 0 Å². The van der Waals surface area contributed by atoms with Crippen molar-refractivity contribution in [3.63, 3.8) is 0 Å². The fourth-order valence-corrected chi connectivity index (χ4v) is 1.58. The molecule has 0 saturated heterocycles. The van der Waals surface area contributed by atoms with Crippen LogP contribution < -0.4 is 11.1 Å². The summed E-state index contributed by atoms with van der Waals surface area (Å²) in [5.41, 5.74) is 7.04. The lowest BCUT2D eigenvalue weighted by molar-refractivity contribution is 0.605. The number of rotatable bonds is 5. The Bertz CT molecular complexity index is 423. The summed E-state index contributed by atoms with van der Waals surface area (Å²) in [4.78, 5) is 0. The van der Waals surface area contributed by atoms with E-state index in [1.165, 1.54) is 0 Å². The second kappa shape index (κ2) is 4.84. The summed E-state index contributed by atoms with van der Waals surface area (Å²) in [6, 6.07) is 7.11. The smallest absolute Gasteiger partial charge is 0.172 e. The van der Waals surface area contributed by atoms with Gasteiger partial charge in [-0.2, -0.15) is 0 Å². The van der Waals surface area contributed by atoms with Crippen LogP contribution in [0, 0.1) is 0 Å². The van der Waals surface area contributed by atoms with Crippen LogP contribution in [0.2, 0.25) is 0 Å². The van der Waals surface area contributed by atoms with Gasteiger partial charge in [-0.05, 0) is 24.3 Å². The molecule has 0 heterocycles. The third-order valence-corrected chi connectivity index (χ3v) is 3.16.